The van der Waals surface area contributed by atoms with Gasteiger partial charge in [0.1, 0.15) is 0 Å². The molecule has 0 aromatic heterocycles. The van der Waals surface area contributed by atoms with Gasteiger partial charge in [0.25, 0.3) is 0 Å². The number of hydrogen-bond donors (Lipinski definition) is 1. The van der Waals surface area contributed by atoms with Gasteiger partial charge in [-0.25, -0.2) is 0 Å². The van der Waals surface area contributed by atoms with Gasteiger partial charge in [-0.05, 0) is 75.4 Å². The molecule has 21 heavy (non-hydrogen) atoms. The van der Waals surface area contributed by atoms with E-state index < -0.39 is 0 Å². The molecule has 1 aromatic rings. The van der Waals surface area contributed by atoms with E-state index in [-0.39, 0.29) is 0 Å². The minimum atomic E-state index is 0.312. The van der Waals surface area contributed by atoms with Crippen molar-refractivity contribution in [1.82, 2.24) is 5.32 Å². The molecular formula is C18H26N2O. The number of carbonyl (C=O) groups excluding carboxylic acids is 1. The lowest BCUT2D eigenvalue weighted by atomic mass is 9.90. The van der Waals surface area contributed by atoms with Crippen molar-refractivity contribution in [3.63, 3.8) is 0 Å². The van der Waals surface area contributed by atoms with Crippen molar-refractivity contribution < 1.29 is 4.79 Å². The van der Waals surface area contributed by atoms with Crippen molar-refractivity contribution >= 4 is 11.5 Å². The number of anilines is 1. The Balaban J connectivity index is 1.58. The van der Waals surface area contributed by atoms with Crippen LogP contribution in [0, 0.1) is 5.92 Å². The van der Waals surface area contributed by atoms with Crippen LogP contribution in [0.1, 0.15) is 48.9 Å². The fourth-order valence-electron chi connectivity index (χ4n) is 3.48. The van der Waals surface area contributed by atoms with Gasteiger partial charge in [-0.15, -0.1) is 0 Å². The van der Waals surface area contributed by atoms with Crippen LogP contribution in [0.4, 0.5) is 5.69 Å². The summed E-state index contributed by atoms with van der Waals surface area (Å²) in [6, 6.07) is 8.29. The summed E-state index contributed by atoms with van der Waals surface area (Å²) in [7, 11) is 0. The molecule has 3 heteroatoms. The number of carbonyl (C=O) groups is 1. The zero-order valence-electron chi connectivity index (χ0n) is 12.8. The highest BCUT2D eigenvalue weighted by Gasteiger charge is 2.18. The Hall–Kier alpha value is -1.35. The molecule has 1 aromatic carbocycles. The van der Waals surface area contributed by atoms with E-state index in [0.717, 1.165) is 44.6 Å². The first-order valence-electron chi connectivity index (χ1n) is 8.42. The molecule has 0 bridgehead atoms. The number of Topliss-reactive ketones (excluding diaryl/α,β-unsaturated/α-hetero) is 1. The van der Waals surface area contributed by atoms with Crippen LogP contribution < -0.4 is 10.2 Å². The van der Waals surface area contributed by atoms with Gasteiger partial charge in [0.2, 0.25) is 0 Å². The van der Waals surface area contributed by atoms with Crippen molar-refractivity contribution in [2.75, 3.05) is 31.1 Å². The second kappa shape index (κ2) is 7.08. The number of nitrogens with one attached hydrogen (secondary N) is 1. The zero-order valence-corrected chi connectivity index (χ0v) is 12.8. The quantitative estimate of drug-likeness (QED) is 0.862. The summed E-state index contributed by atoms with van der Waals surface area (Å²) < 4.78 is 0. The molecule has 2 saturated heterocycles. The molecule has 0 radical (unpaired) electrons. The molecule has 3 rings (SSSR count). The average Bonchev–Trinajstić information content (AvgIpc) is 2.57. The maximum absolute atomic E-state index is 12.4. The molecule has 1 N–H and O–H groups in total. The third-order valence-electron chi connectivity index (χ3n) is 4.84. The number of benzene rings is 1. The molecule has 3 nitrogen and oxygen atoms in total. The lowest BCUT2D eigenvalue weighted by Crippen LogP contribution is -2.29. The molecule has 2 aliphatic rings. The van der Waals surface area contributed by atoms with Gasteiger partial charge < -0.3 is 10.2 Å². The minimum Gasteiger partial charge on any atom is -0.372 e. The first-order chi connectivity index (χ1) is 10.3. The van der Waals surface area contributed by atoms with Crippen molar-refractivity contribution in [3.05, 3.63) is 29.8 Å². The number of piperidine rings is 2. The van der Waals surface area contributed by atoms with Gasteiger partial charge in [0.05, 0.1) is 0 Å². The van der Waals surface area contributed by atoms with Crippen LogP contribution in [0.15, 0.2) is 24.3 Å². The molecular weight excluding hydrogens is 260 g/mol. The van der Waals surface area contributed by atoms with E-state index in [0.29, 0.717) is 18.1 Å². The summed E-state index contributed by atoms with van der Waals surface area (Å²) in [6.07, 6.45) is 6.91. The summed E-state index contributed by atoms with van der Waals surface area (Å²) >= 11 is 0. The number of ketones is 1. The van der Waals surface area contributed by atoms with Crippen LogP contribution in [0.5, 0.6) is 0 Å². The Kier molecular flexibility index (Phi) is 4.91. The summed E-state index contributed by atoms with van der Waals surface area (Å²) in [4.78, 5) is 14.8. The van der Waals surface area contributed by atoms with Crippen molar-refractivity contribution in [2.24, 2.45) is 5.92 Å². The summed E-state index contributed by atoms with van der Waals surface area (Å²) in [6.45, 7) is 4.43. The van der Waals surface area contributed by atoms with E-state index in [1.807, 2.05) is 12.1 Å². The first-order valence-corrected chi connectivity index (χ1v) is 8.42. The number of rotatable bonds is 4. The third kappa shape index (κ3) is 3.85. The molecule has 0 aliphatic carbocycles. The lowest BCUT2D eigenvalue weighted by molar-refractivity contribution is 0.0952. The molecule has 0 atom stereocenters. The van der Waals surface area contributed by atoms with Crippen molar-refractivity contribution in [2.45, 2.75) is 38.5 Å². The fourth-order valence-corrected chi connectivity index (χ4v) is 3.48. The fraction of sp³-hybridized carbons (Fsp3) is 0.611. The Morgan fingerprint density at radius 3 is 2.38 bits per heavy atom. The standard InChI is InChI=1S/C18H26N2O/c21-18(14-15-8-10-19-11-9-15)16-4-6-17(7-5-16)20-12-2-1-3-13-20/h4-7,15,19H,1-3,8-14H2. The van der Waals surface area contributed by atoms with E-state index in [9.17, 15) is 4.79 Å². The molecule has 0 spiro atoms. The molecule has 0 unspecified atom stereocenters. The first kappa shape index (κ1) is 14.6. The highest BCUT2D eigenvalue weighted by Crippen LogP contribution is 2.22. The van der Waals surface area contributed by atoms with Gasteiger partial charge in [-0.1, -0.05) is 0 Å². The largest absolute Gasteiger partial charge is 0.372 e. The molecule has 2 aliphatic heterocycles. The van der Waals surface area contributed by atoms with Crippen molar-refractivity contribution in [3.8, 4) is 0 Å². The molecule has 2 heterocycles. The van der Waals surface area contributed by atoms with Gasteiger partial charge in [0.15, 0.2) is 5.78 Å². The van der Waals surface area contributed by atoms with Gasteiger partial charge >= 0.3 is 0 Å². The predicted molar refractivity (Wildman–Crippen MR) is 87.0 cm³/mol. The third-order valence-corrected chi connectivity index (χ3v) is 4.84. The van der Waals surface area contributed by atoms with E-state index in [4.69, 9.17) is 0 Å². The maximum Gasteiger partial charge on any atom is 0.163 e. The zero-order chi connectivity index (χ0) is 14.5. The lowest BCUT2D eigenvalue weighted by Gasteiger charge is -2.28. The Morgan fingerprint density at radius 2 is 1.71 bits per heavy atom. The minimum absolute atomic E-state index is 0.312. The summed E-state index contributed by atoms with van der Waals surface area (Å²) in [5.41, 5.74) is 2.16. The average molecular weight is 286 g/mol. The van der Waals surface area contributed by atoms with Crippen LogP contribution in [0.3, 0.4) is 0 Å². The van der Waals surface area contributed by atoms with Crippen LogP contribution in [0.2, 0.25) is 0 Å². The topological polar surface area (TPSA) is 32.3 Å². The van der Waals surface area contributed by atoms with Crippen LogP contribution in [0.25, 0.3) is 0 Å². The Morgan fingerprint density at radius 1 is 1.05 bits per heavy atom. The van der Waals surface area contributed by atoms with Crippen LogP contribution in [-0.4, -0.2) is 32.0 Å². The number of hydrogen-bond acceptors (Lipinski definition) is 3. The summed E-state index contributed by atoms with van der Waals surface area (Å²) in [5.74, 6) is 0.882. The van der Waals surface area contributed by atoms with E-state index >= 15 is 0 Å². The monoisotopic (exact) mass is 286 g/mol. The predicted octanol–water partition coefficient (Wildman–Crippen LogP) is 3.25. The Labute approximate surface area is 127 Å². The maximum atomic E-state index is 12.4. The Bertz CT molecular complexity index is 457. The van der Waals surface area contributed by atoms with E-state index in [2.05, 4.69) is 22.3 Å². The molecule has 0 amide bonds. The van der Waals surface area contributed by atoms with Crippen LogP contribution >= 0.6 is 0 Å². The smallest absolute Gasteiger partial charge is 0.163 e. The second-order valence-corrected chi connectivity index (χ2v) is 6.42. The SMILES string of the molecule is O=C(CC1CCNCC1)c1ccc(N2CCCCC2)cc1. The second-order valence-electron chi connectivity index (χ2n) is 6.42. The van der Waals surface area contributed by atoms with Gasteiger partial charge in [0, 0.05) is 30.8 Å². The van der Waals surface area contributed by atoms with Gasteiger partial charge in [-0.2, -0.15) is 0 Å². The van der Waals surface area contributed by atoms with E-state index in [1.165, 1.54) is 24.9 Å². The summed E-state index contributed by atoms with van der Waals surface area (Å²) in [5, 5.41) is 3.35. The highest BCUT2D eigenvalue weighted by atomic mass is 16.1. The van der Waals surface area contributed by atoms with Gasteiger partial charge in [-0.3, -0.25) is 4.79 Å². The molecule has 0 saturated carbocycles. The normalized spacial score (nSPS) is 20.5. The highest BCUT2D eigenvalue weighted by molar-refractivity contribution is 5.96. The number of nitrogens with zero attached hydrogens (tertiary/aromatic N) is 1. The van der Waals surface area contributed by atoms with E-state index in [1.54, 1.807) is 0 Å². The van der Waals surface area contributed by atoms with Crippen LogP contribution in [-0.2, 0) is 0 Å². The van der Waals surface area contributed by atoms with Crippen molar-refractivity contribution in [1.29, 1.82) is 0 Å². The molecule has 114 valence electrons. The molecule has 2 fully saturated rings.